The summed E-state index contributed by atoms with van der Waals surface area (Å²) in [4.78, 5) is 37.7. The summed E-state index contributed by atoms with van der Waals surface area (Å²) in [5, 5.41) is 10.6. The molecule has 4 rings (SSSR count). The number of carbonyl (C=O) groups is 3. The second-order valence-corrected chi connectivity index (χ2v) is 12.3. The van der Waals surface area contributed by atoms with Crippen molar-refractivity contribution < 1.29 is 24.2 Å². The van der Waals surface area contributed by atoms with Crippen molar-refractivity contribution in [2.45, 2.75) is 92.8 Å². The first-order chi connectivity index (χ1) is 16.2. The lowest BCUT2D eigenvalue weighted by atomic mass is 9.43. The first kappa shape index (κ1) is 25.8. The molecule has 190 valence electrons. The van der Waals surface area contributed by atoms with Crippen LogP contribution in [0, 0.1) is 28.1 Å². The number of esters is 1. The van der Waals surface area contributed by atoms with E-state index in [0.29, 0.717) is 35.7 Å². The van der Waals surface area contributed by atoms with Crippen LogP contribution in [0.1, 0.15) is 80.6 Å². The summed E-state index contributed by atoms with van der Waals surface area (Å²) in [5.74, 6) is 0.764. The Labute approximate surface area is 209 Å². The maximum absolute atomic E-state index is 13.4. The van der Waals surface area contributed by atoms with Crippen molar-refractivity contribution >= 4 is 17.5 Å². The first-order valence-electron chi connectivity index (χ1n) is 12.9. The van der Waals surface area contributed by atoms with Crippen molar-refractivity contribution in [3.05, 3.63) is 46.6 Å². The van der Waals surface area contributed by atoms with Crippen LogP contribution in [0.3, 0.4) is 0 Å². The van der Waals surface area contributed by atoms with E-state index in [1.54, 1.807) is 19.9 Å². The Hall–Kier alpha value is -2.27. The molecule has 0 spiro atoms. The minimum atomic E-state index is -0.906. The standard InChI is InChI=1S/C30H40O5/c1-17(9-8-10-18(2)26(33)21-15-19(3)27(34)35-21)25-20(31)16-23-29(6)14-12-24(32)28(4,5)22(29)11-13-30(23,25)7/h8-10,15,21-23,26,33H,11-14,16H2,1-7H3/b9-8+,18-10+,25-17-/t21-,22+,23+,26-,29+,30+/m1/s1. The highest BCUT2D eigenvalue weighted by Gasteiger charge is 2.64. The summed E-state index contributed by atoms with van der Waals surface area (Å²) in [7, 11) is 0. The quantitative estimate of drug-likeness (QED) is 0.329. The Morgan fingerprint density at radius 3 is 2.43 bits per heavy atom. The van der Waals surface area contributed by atoms with Crippen LogP contribution in [-0.2, 0) is 19.1 Å². The number of fused-ring (bicyclic) bond motifs is 3. The molecule has 5 heteroatoms. The van der Waals surface area contributed by atoms with Gasteiger partial charge in [0.2, 0.25) is 0 Å². The Balaban J connectivity index is 1.58. The van der Waals surface area contributed by atoms with Gasteiger partial charge in [0.15, 0.2) is 11.9 Å². The fraction of sp³-hybridized carbons (Fsp3) is 0.633. The van der Waals surface area contributed by atoms with E-state index < -0.39 is 18.2 Å². The van der Waals surface area contributed by atoms with Gasteiger partial charge in [-0.25, -0.2) is 4.79 Å². The number of rotatable bonds is 4. The third kappa shape index (κ3) is 4.00. The van der Waals surface area contributed by atoms with Gasteiger partial charge >= 0.3 is 5.97 Å². The molecule has 0 amide bonds. The molecule has 0 radical (unpaired) electrons. The summed E-state index contributed by atoms with van der Waals surface area (Å²) in [6.07, 6.45) is 9.65. The number of Topliss-reactive ketones (excluding diaryl/α,β-unsaturated/α-hetero) is 2. The largest absolute Gasteiger partial charge is 0.452 e. The average Bonchev–Trinajstić information content (AvgIpc) is 3.26. The van der Waals surface area contributed by atoms with Crippen LogP contribution < -0.4 is 0 Å². The number of allylic oxidation sites excluding steroid dienone is 5. The fourth-order valence-electron chi connectivity index (χ4n) is 7.89. The third-order valence-corrected chi connectivity index (χ3v) is 9.89. The van der Waals surface area contributed by atoms with Crippen molar-refractivity contribution in [3.8, 4) is 0 Å². The molecule has 3 fully saturated rings. The van der Waals surface area contributed by atoms with Crippen molar-refractivity contribution in [1.29, 1.82) is 0 Å². The molecule has 1 N–H and O–H groups in total. The number of cyclic esters (lactones) is 1. The molecule has 0 aromatic rings. The molecule has 0 unspecified atom stereocenters. The Morgan fingerprint density at radius 2 is 1.80 bits per heavy atom. The van der Waals surface area contributed by atoms with E-state index in [1.165, 1.54) is 0 Å². The maximum Gasteiger partial charge on any atom is 0.334 e. The molecule has 5 nitrogen and oxygen atoms in total. The van der Waals surface area contributed by atoms with Crippen molar-refractivity contribution in [2.75, 3.05) is 0 Å². The van der Waals surface area contributed by atoms with Gasteiger partial charge < -0.3 is 9.84 Å². The molecule has 35 heavy (non-hydrogen) atoms. The predicted molar refractivity (Wildman–Crippen MR) is 135 cm³/mol. The zero-order valence-electron chi connectivity index (χ0n) is 22.2. The monoisotopic (exact) mass is 480 g/mol. The van der Waals surface area contributed by atoms with Gasteiger partial charge in [0.05, 0.1) is 0 Å². The third-order valence-electron chi connectivity index (χ3n) is 9.89. The number of aliphatic hydroxyl groups excluding tert-OH is 1. The van der Waals surface area contributed by atoms with Crippen LogP contribution in [0.5, 0.6) is 0 Å². The lowest BCUT2D eigenvalue weighted by Gasteiger charge is -2.60. The van der Waals surface area contributed by atoms with Gasteiger partial charge in [-0.15, -0.1) is 0 Å². The summed E-state index contributed by atoms with van der Waals surface area (Å²) < 4.78 is 5.20. The molecule has 3 saturated carbocycles. The topological polar surface area (TPSA) is 80.7 Å². The number of ketones is 2. The minimum absolute atomic E-state index is 0.0171. The summed E-state index contributed by atoms with van der Waals surface area (Å²) in [6.45, 7) is 14.3. The van der Waals surface area contributed by atoms with E-state index in [-0.39, 0.29) is 27.9 Å². The van der Waals surface area contributed by atoms with E-state index in [0.717, 1.165) is 30.4 Å². The zero-order chi connectivity index (χ0) is 25.9. The van der Waals surface area contributed by atoms with Crippen molar-refractivity contribution in [3.63, 3.8) is 0 Å². The Kier molecular flexibility index (Phi) is 6.41. The Bertz CT molecular complexity index is 1090. The lowest BCUT2D eigenvalue weighted by Crippen LogP contribution is -2.56. The highest BCUT2D eigenvalue weighted by atomic mass is 16.6. The van der Waals surface area contributed by atoms with Crippen LogP contribution >= 0.6 is 0 Å². The zero-order valence-corrected chi connectivity index (χ0v) is 22.2. The predicted octanol–water partition coefficient (Wildman–Crippen LogP) is 5.44. The van der Waals surface area contributed by atoms with E-state index in [9.17, 15) is 19.5 Å². The second-order valence-electron chi connectivity index (χ2n) is 12.3. The normalized spacial score (nSPS) is 39.3. The summed E-state index contributed by atoms with van der Waals surface area (Å²) in [6, 6.07) is 0. The van der Waals surface area contributed by atoms with E-state index in [4.69, 9.17) is 4.74 Å². The maximum atomic E-state index is 13.4. The molecule has 0 aromatic heterocycles. The molecular formula is C30H40O5. The second kappa shape index (κ2) is 8.69. The highest BCUT2D eigenvalue weighted by molar-refractivity contribution is 6.01. The fourth-order valence-corrected chi connectivity index (χ4v) is 7.89. The molecular weight excluding hydrogens is 440 g/mol. The van der Waals surface area contributed by atoms with Crippen LogP contribution in [0.15, 0.2) is 46.6 Å². The molecule has 1 heterocycles. The number of hydrogen-bond acceptors (Lipinski definition) is 5. The molecule has 0 aromatic carbocycles. The van der Waals surface area contributed by atoms with Crippen LogP contribution in [0.4, 0.5) is 0 Å². The van der Waals surface area contributed by atoms with E-state index in [2.05, 4.69) is 27.7 Å². The van der Waals surface area contributed by atoms with Gasteiger partial charge in [-0.05, 0) is 74.5 Å². The summed E-state index contributed by atoms with van der Waals surface area (Å²) in [5.41, 5.74) is 2.56. The van der Waals surface area contributed by atoms with Crippen molar-refractivity contribution in [1.82, 2.24) is 0 Å². The van der Waals surface area contributed by atoms with E-state index in [1.807, 2.05) is 25.2 Å². The van der Waals surface area contributed by atoms with Gasteiger partial charge in [0, 0.05) is 34.8 Å². The molecule has 3 aliphatic carbocycles. The Morgan fingerprint density at radius 1 is 1.11 bits per heavy atom. The SMILES string of the molecule is CC1=C[C@H]([C@H](O)/C(C)=C/C=C/C(C)=C2/C(=O)C[C@H]3[C@@]4(C)CCC(=O)C(C)(C)[C@@H]4CC[C@]23C)OC1=O. The lowest BCUT2D eigenvalue weighted by molar-refractivity contribution is -0.154. The number of aliphatic hydroxyl groups is 1. The van der Waals surface area contributed by atoms with Crippen LogP contribution in [0.25, 0.3) is 0 Å². The highest BCUT2D eigenvalue weighted by Crippen LogP contribution is 2.68. The number of ether oxygens (including phenoxy) is 1. The van der Waals surface area contributed by atoms with Crippen LogP contribution in [0.2, 0.25) is 0 Å². The van der Waals surface area contributed by atoms with Gasteiger partial charge in [-0.1, -0.05) is 45.9 Å². The molecule has 4 aliphatic rings. The summed E-state index contributed by atoms with van der Waals surface area (Å²) >= 11 is 0. The smallest absolute Gasteiger partial charge is 0.334 e. The van der Waals surface area contributed by atoms with Crippen LogP contribution in [-0.4, -0.2) is 34.9 Å². The van der Waals surface area contributed by atoms with Crippen molar-refractivity contribution in [2.24, 2.45) is 28.1 Å². The molecule has 6 atom stereocenters. The van der Waals surface area contributed by atoms with Gasteiger partial charge in [0.1, 0.15) is 11.9 Å². The minimum Gasteiger partial charge on any atom is -0.452 e. The first-order valence-corrected chi connectivity index (χ1v) is 12.9. The molecule has 0 saturated heterocycles. The van der Waals surface area contributed by atoms with Gasteiger partial charge in [0.25, 0.3) is 0 Å². The number of hydrogen-bond donors (Lipinski definition) is 1. The van der Waals surface area contributed by atoms with E-state index >= 15 is 0 Å². The average molecular weight is 481 g/mol. The van der Waals surface area contributed by atoms with Gasteiger partial charge in [-0.3, -0.25) is 9.59 Å². The molecule has 0 bridgehead atoms. The molecule has 1 aliphatic heterocycles. The number of carbonyl (C=O) groups excluding carboxylic acids is 3. The van der Waals surface area contributed by atoms with Gasteiger partial charge in [-0.2, -0.15) is 0 Å².